The fourth-order valence-corrected chi connectivity index (χ4v) is 1.62. The molecule has 1 N–H and O–H groups in total. The first kappa shape index (κ1) is 14.5. The van der Waals surface area contributed by atoms with Gasteiger partial charge >= 0.3 is 5.97 Å². The molecule has 0 aliphatic heterocycles. The number of ether oxygens (including phenoxy) is 1. The van der Waals surface area contributed by atoms with Crippen LogP contribution in [0.25, 0.3) is 6.08 Å². The second-order valence-electron chi connectivity index (χ2n) is 4.32. The Bertz CT molecular complexity index is 393. The van der Waals surface area contributed by atoms with Gasteiger partial charge in [-0.2, -0.15) is 0 Å². The van der Waals surface area contributed by atoms with E-state index in [1.807, 2.05) is 24.3 Å². The molecule has 0 aliphatic rings. The smallest absolute Gasteiger partial charge is 0.328 e. The fraction of sp³-hybridized carbons (Fsp3) is 0.400. The summed E-state index contributed by atoms with van der Waals surface area (Å²) in [5, 5.41) is 8.52. The third-order valence-electron chi connectivity index (χ3n) is 2.63. The van der Waals surface area contributed by atoms with Crippen molar-refractivity contribution in [2.24, 2.45) is 0 Å². The summed E-state index contributed by atoms with van der Waals surface area (Å²) in [4.78, 5) is 10.4. The van der Waals surface area contributed by atoms with E-state index in [2.05, 4.69) is 13.8 Å². The Labute approximate surface area is 108 Å². The van der Waals surface area contributed by atoms with Gasteiger partial charge in [0.2, 0.25) is 0 Å². The van der Waals surface area contributed by atoms with E-state index in [4.69, 9.17) is 9.84 Å². The maximum absolute atomic E-state index is 10.4. The topological polar surface area (TPSA) is 46.5 Å². The molecule has 1 aromatic rings. The molecule has 0 amide bonds. The number of carbonyl (C=O) groups is 1. The average molecular weight is 248 g/mol. The van der Waals surface area contributed by atoms with E-state index < -0.39 is 5.97 Å². The zero-order valence-corrected chi connectivity index (χ0v) is 10.9. The highest BCUT2D eigenvalue weighted by Crippen LogP contribution is 2.10. The number of hydrogen-bond acceptors (Lipinski definition) is 2. The van der Waals surface area contributed by atoms with Crippen LogP contribution in [0.4, 0.5) is 0 Å². The molecule has 0 aromatic heterocycles. The molecule has 3 heteroatoms. The van der Waals surface area contributed by atoms with Crippen molar-refractivity contribution in [2.75, 3.05) is 0 Å². The van der Waals surface area contributed by atoms with Crippen molar-refractivity contribution in [2.45, 2.75) is 39.4 Å². The minimum atomic E-state index is -0.934. The van der Waals surface area contributed by atoms with E-state index in [1.54, 1.807) is 6.08 Å². The lowest BCUT2D eigenvalue weighted by atomic mass is 10.1. The van der Waals surface area contributed by atoms with E-state index in [0.717, 1.165) is 30.0 Å². The van der Waals surface area contributed by atoms with Crippen molar-refractivity contribution in [3.8, 4) is 0 Å². The van der Waals surface area contributed by atoms with Crippen LogP contribution in [-0.4, -0.2) is 17.2 Å². The average Bonchev–Trinajstić information content (AvgIpc) is 2.35. The molecule has 0 heterocycles. The van der Waals surface area contributed by atoms with E-state index in [1.165, 1.54) is 0 Å². The zero-order valence-electron chi connectivity index (χ0n) is 10.9. The summed E-state index contributed by atoms with van der Waals surface area (Å²) >= 11 is 0. The highest BCUT2D eigenvalue weighted by molar-refractivity contribution is 5.85. The molecule has 1 atom stereocenters. The number of carboxylic acids is 1. The van der Waals surface area contributed by atoms with Gasteiger partial charge in [0.1, 0.15) is 0 Å². The van der Waals surface area contributed by atoms with E-state index >= 15 is 0 Å². The van der Waals surface area contributed by atoms with Crippen LogP contribution < -0.4 is 0 Å². The molecule has 1 aromatic carbocycles. The van der Waals surface area contributed by atoms with Crippen molar-refractivity contribution in [3.05, 3.63) is 41.5 Å². The quantitative estimate of drug-likeness (QED) is 0.751. The van der Waals surface area contributed by atoms with Crippen LogP contribution in [0.5, 0.6) is 0 Å². The van der Waals surface area contributed by atoms with Crippen LogP contribution in [0, 0.1) is 0 Å². The number of aliphatic carboxylic acids is 1. The van der Waals surface area contributed by atoms with Crippen LogP contribution in [0.2, 0.25) is 0 Å². The van der Waals surface area contributed by atoms with Gasteiger partial charge in [-0.1, -0.05) is 37.6 Å². The molecule has 1 unspecified atom stereocenters. The van der Waals surface area contributed by atoms with Crippen LogP contribution in [0.1, 0.15) is 37.8 Å². The first-order chi connectivity index (χ1) is 8.61. The third-order valence-corrected chi connectivity index (χ3v) is 2.63. The van der Waals surface area contributed by atoms with Gasteiger partial charge in [0.25, 0.3) is 0 Å². The zero-order chi connectivity index (χ0) is 13.4. The minimum absolute atomic E-state index is 0.279. The molecule has 0 saturated heterocycles. The highest BCUT2D eigenvalue weighted by atomic mass is 16.5. The molecule has 0 radical (unpaired) electrons. The number of carboxylic acid groups (broad SMARTS) is 1. The van der Waals surface area contributed by atoms with E-state index in [-0.39, 0.29) is 6.10 Å². The molecule has 1 rings (SSSR count). The Morgan fingerprint density at radius 1 is 1.39 bits per heavy atom. The van der Waals surface area contributed by atoms with Gasteiger partial charge in [-0.3, -0.25) is 0 Å². The number of benzene rings is 1. The van der Waals surface area contributed by atoms with Crippen molar-refractivity contribution in [1.29, 1.82) is 0 Å². The number of rotatable bonds is 7. The van der Waals surface area contributed by atoms with Crippen LogP contribution >= 0.6 is 0 Å². The molecule has 18 heavy (non-hydrogen) atoms. The summed E-state index contributed by atoms with van der Waals surface area (Å²) in [5.41, 5.74) is 1.98. The summed E-state index contributed by atoms with van der Waals surface area (Å²) in [5.74, 6) is -0.934. The molecular weight excluding hydrogens is 228 g/mol. The predicted molar refractivity (Wildman–Crippen MR) is 72.3 cm³/mol. The van der Waals surface area contributed by atoms with Gasteiger partial charge < -0.3 is 9.84 Å². The van der Waals surface area contributed by atoms with Crippen molar-refractivity contribution < 1.29 is 14.6 Å². The van der Waals surface area contributed by atoms with Crippen molar-refractivity contribution in [3.63, 3.8) is 0 Å². The summed E-state index contributed by atoms with van der Waals surface area (Å²) < 4.78 is 5.69. The maximum Gasteiger partial charge on any atom is 0.328 e. The van der Waals surface area contributed by atoms with Crippen molar-refractivity contribution in [1.82, 2.24) is 0 Å². The summed E-state index contributed by atoms with van der Waals surface area (Å²) in [6.45, 7) is 4.82. The van der Waals surface area contributed by atoms with Gasteiger partial charge in [-0.15, -0.1) is 0 Å². The molecule has 0 saturated carbocycles. The molecule has 0 bridgehead atoms. The third kappa shape index (κ3) is 5.64. The van der Waals surface area contributed by atoms with Crippen LogP contribution in [0.3, 0.4) is 0 Å². The Kier molecular flexibility index (Phi) is 6.15. The Hall–Kier alpha value is -1.61. The van der Waals surface area contributed by atoms with Crippen LogP contribution in [0.15, 0.2) is 30.3 Å². The summed E-state index contributed by atoms with van der Waals surface area (Å²) in [6.07, 6.45) is 5.18. The van der Waals surface area contributed by atoms with Crippen LogP contribution in [-0.2, 0) is 16.1 Å². The van der Waals surface area contributed by atoms with Gasteiger partial charge in [0.05, 0.1) is 12.7 Å². The van der Waals surface area contributed by atoms with E-state index in [0.29, 0.717) is 6.61 Å². The lowest BCUT2D eigenvalue weighted by molar-refractivity contribution is -0.131. The minimum Gasteiger partial charge on any atom is -0.478 e. The van der Waals surface area contributed by atoms with E-state index in [9.17, 15) is 4.79 Å². The molecule has 0 spiro atoms. The Morgan fingerprint density at radius 2 is 2.06 bits per heavy atom. The molecule has 0 fully saturated rings. The molecule has 3 nitrogen and oxygen atoms in total. The maximum atomic E-state index is 10.4. The van der Waals surface area contributed by atoms with Gasteiger partial charge in [0, 0.05) is 6.08 Å². The first-order valence-electron chi connectivity index (χ1n) is 6.23. The van der Waals surface area contributed by atoms with Gasteiger partial charge in [-0.05, 0) is 30.5 Å². The SMILES string of the molecule is CCCC(C)OCc1ccc(/C=C/C(=O)O)cc1. The second-order valence-corrected chi connectivity index (χ2v) is 4.32. The molecular formula is C15H20O3. The van der Waals surface area contributed by atoms with Gasteiger partial charge in [-0.25, -0.2) is 4.79 Å². The molecule has 98 valence electrons. The summed E-state index contributed by atoms with van der Waals surface area (Å²) in [6, 6.07) is 7.70. The standard InChI is InChI=1S/C15H20O3/c1-3-4-12(2)18-11-14-7-5-13(6-8-14)9-10-15(16)17/h5-10,12H,3-4,11H2,1-2H3,(H,16,17)/b10-9+. The fourth-order valence-electron chi connectivity index (χ4n) is 1.62. The number of hydrogen-bond donors (Lipinski definition) is 1. The predicted octanol–water partition coefficient (Wildman–Crippen LogP) is 3.49. The van der Waals surface area contributed by atoms with Crippen molar-refractivity contribution >= 4 is 12.0 Å². The lowest BCUT2D eigenvalue weighted by Gasteiger charge is -2.11. The highest BCUT2D eigenvalue weighted by Gasteiger charge is 2.01. The largest absolute Gasteiger partial charge is 0.478 e. The summed E-state index contributed by atoms with van der Waals surface area (Å²) in [7, 11) is 0. The second kappa shape index (κ2) is 7.67. The normalized spacial score (nSPS) is 12.8. The van der Waals surface area contributed by atoms with Gasteiger partial charge in [0.15, 0.2) is 0 Å². The Morgan fingerprint density at radius 3 is 2.61 bits per heavy atom. The Balaban J connectivity index is 2.47. The lowest BCUT2D eigenvalue weighted by Crippen LogP contribution is -2.07. The monoisotopic (exact) mass is 248 g/mol. The first-order valence-corrected chi connectivity index (χ1v) is 6.23. The molecule has 0 aliphatic carbocycles.